The maximum Gasteiger partial charge on any atom is 0.244 e. The summed E-state index contributed by atoms with van der Waals surface area (Å²) in [6, 6.07) is 11.1. The average molecular weight is 543 g/mol. The largest absolute Gasteiger partial charge is 0.354 e. The van der Waals surface area contributed by atoms with Crippen molar-refractivity contribution in [3.05, 3.63) is 63.6 Å². The molecule has 0 saturated carbocycles. The third kappa shape index (κ3) is 7.85. The second kappa shape index (κ2) is 13.1. The van der Waals surface area contributed by atoms with E-state index in [1.165, 1.54) is 4.90 Å². The summed E-state index contributed by atoms with van der Waals surface area (Å²) in [4.78, 5) is 27.8. The van der Waals surface area contributed by atoms with Crippen molar-refractivity contribution in [1.29, 1.82) is 0 Å². The molecule has 0 saturated heterocycles. The second-order valence-electron chi connectivity index (χ2n) is 8.29. The smallest absolute Gasteiger partial charge is 0.244 e. The van der Waals surface area contributed by atoms with Crippen LogP contribution in [0.5, 0.6) is 0 Å². The number of anilines is 1. The summed E-state index contributed by atoms with van der Waals surface area (Å²) in [6.07, 6.45) is 3.36. The van der Waals surface area contributed by atoms with E-state index >= 15 is 0 Å². The number of aryl methyl sites for hydroxylation is 1. The highest BCUT2D eigenvalue weighted by atomic mass is 35.5. The molecule has 0 bridgehead atoms. The molecule has 2 aromatic carbocycles. The molecule has 0 fully saturated rings. The molecule has 2 amide bonds. The molecular formula is C25H33Cl2N3O4S. The molecule has 7 nitrogen and oxygen atoms in total. The van der Waals surface area contributed by atoms with Crippen LogP contribution in [0, 0.1) is 0 Å². The number of benzene rings is 2. The average Bonchev–Trinajstić information content (AvgIpc) is 2.81. The lowest BCUT2D eigenvalue weighted by molar-refractivity contribution is -0.139. The Hall–Kier alpha value is -2.29. The maximum absolute atomic E-state index is 13.6. The van der Waals surface area contributed by atoms with Gasteiger partial charge in [-0.3, -0.25) is 13.9 Å². The van der Waals surface area contributed by atoms with Gasteiger partial charge in [0.15, 0.2) is 0 Å². The lowest BCUT2D eigenvalue weighted by Gasteiger charge is -2.32. The minimum Gasteiger partial charge on any atom is -0.354 e. The van der Waals surface area contributed by atoms with Crippen LogP contribution < -0.4 is 9.62 Å². The number of carbonyl (C=O) groups excluding carboxylic acids is 2. The number of nitrogens with one attached hydrogen (secondary N) is 1. The SMILES string of the molecule is CCCCNC(=O)C(C)N(Cc1c(Cl)cccc1Cl)C(=O)CN(c1ccccc1CC)S(C)(=O)=O. The summed E-state index contributed by atoms with van der Waals surface area (Å²) in [5.41, 5.74) is 1.70. The fourth-order valence-corrected chi connectivity index (χ4v) is 5.02. The van der Waals surface area contributed by atoms with Gasteiger partial charge in [0.05, 0.1) is 11.9 Å². The topological polar surface area (TPSA) is 86.8 Å². The Morgan fingerprint density at radius 3 is 2.23 bits per heavy atom. The van der Waals surface area contributed by atoms with Gasteiger partial charge < -0.3 is 10.2 Å². The zero-order valence-electron chi connectivity index (χ0n) is 20.6. The van der Waals surface area contributed by atoms with Crippen molar-refractivity contribution >= 4 is 50.7 Å². The summed E-state index contributed by atoms with van der Waals surface area (Å²) in [7, 11) is -3.80. The van der Waals surface area contributed by atoms with E-state index in [2.05, 4.69) is 5.32 Å². The first-order valence-electron chi connectivity index (χ1n) is 11.6. The van der Waals surface area contributed by atoms with Gasteiger partial charge in [0, 0.05) is 28.7 Å². The van der Waals surface area contributed by atoms with Gasteiger partial charge in [-0.15, -0.1) is 0 Å². The molecule has 1 atom stereocenters. The van der Waals surface area contributed by atoms with Crippen molar-refractivity contribution in [2.75, 3.05) is 23.7 Å². The van der Waals surface area contributed by atoms with Crippen molar-refractivity contribution < 1.29 is 18.0 Å². The van der Waals surface area contributed by atoms with Crippen molar-refractivity contribution in [3.8, 4) is 0 Å². The summed E-state index contributed by atoms with van der Waals surface area (Å²) in [5, 5.41) is 3.54. The van der Waals surface area contributed by atoms with E-state index in [-0.39, 0.29) is 12.5 Å². The highest BCUT2D eigenvalue weighted by Crippen LogP contribution is 2.28. The number of amides is 2. The first-order valence-corrected chi connectivity index (χ1v) is 14.2. The van der Waals surface area contributed by atoms with Crippen LogP contribution in [0.1, 0.15) is 44.7 Å². The van der Waals surface area contributed by atoms with Gasteiger partial charge in [0.25, 0.3) is 0 Å². The van der Waals surface area contributed by atoms with Gasteiger partial charge in [0.1, 0.15) is 12.6 Å². The minimum absolute atomic E-state index is 0.0489. The predicted octanol–water partition coefficient (Wildman–Crippen LogP) is 4.66. The molecule has 0 heterocycles. The number of carbonyl (C=O) groups is 2. The van der Waals surface area contributed by atoms with Gasteiger partial charge in [0.2, 0.25) is 21.8 Å². The maximum atomic E-state index is 13.6. The zero-order chi connectivity index (χ0) is 26.2. The molecule has 0 aliphatic heterocycles. The lowest BCUT2D eigenvalue weighted by Crippen LogP contribution is -2.51. The number of nitrogens with zero attached hydrogens (tertiary/aromatic N) is 2. The minimum atomic E-state index is -3.80. The first-order chi connectivity index (χ1) is 16.5. The van der Waals surface area contributed by atoms with E-state index in [0.29, 0.717) is 34.3 Å². The molecule has 35 heavy (non-hydrogen) atoms. The van der Waals surface area contributed by atoms with Crippen LogP contribution in [-0.4, -0.2) is 50.5 Å². The van der Waals surface area contributed by atoms with Crippen molar-refractivity contribution in [2.24, 2.45) is 0 Å². The van der Waals surface area contributed by atoms with Crippen molar-refractivity contribution in [2.45, 2.75) is 52.6 Å². The number of hydrogen-bond donors (Lipinski definition) is 1. The van der Waals surface area contributed by atoms with E-state index in [9.17, 15) is 18.0 Å². The van der Waals surface area contributed by atoms with Gasteiger partial charge >= 0.3 is 0 Å². The summed E-state index contributed by atoms with van der Waals surface area (Å²) in [6.45, 7) is 5.49. The Kier molecular flexibility index (Phi) is 10.9. The number of para-hydroxylation sites is 1. The van der Waals surface area contributed by atoms with Gasteiger partial charge in [-0.25, -0.2) is 8.42 Å². The Morgan fingerprint density at radius 2 is 1.66 bits per heavy atom. The molecule has 2 rings (SSSR count). The molecule has 1 N–H and O–H groups in total. The lowest BCUT2D eigenvalue weighted by atomic mass is 10.1. The summed E-state index contributed by atoms with van der Waals surface area (Å²) in [5.74, 6) is -0.884. The quantitative estimate of drug-likeness (QED) is 0.396. The third-order valence-electron chi connectivity index (χ3n) is 5.71. The fourth-order valence-electron chi connectivity index (χ4n) is 3.62. The molecule has 1 unspecified atom stereocenters. The molecule has 192 valence electrons. The Balaban J connectivity index is 2.45. The first kappa shape index (κ1) is 28.9. The molecule has 2 aromatic rings. The molecule has 0 aliphatic carbocycles. The predicted molar refractivity (Wildman–Crippen MR) is 142 cm³/mol. The van der Waals surface area contributed by atoms with E-state index in [1.807, 2.05) is 26.0 Å². The highest BCUT2D eigenvalue weighted by Gasteiger charge is 2.31. The Labute approximate surface area is 218 Å². The third-order valence-corrected chi connectivity index (χ3v) is 7.54. The Morgan fingerprint density at radius 1 is 1.03 bits per heavy atom. The van der Waals surface area contributed by atoms with E-state index < -0.39 is 28.5 Å². The van der Waals surface area contributed by atoms with Crippen LogP contribution in [0.15, 0.2) is 42.5 Å². The number of unbranched alkanes of at least 4 members (excludes halogenated alkanes) is 1. The van der Waals surface area contributed by atoms with Crippen LogP contribution >= 0.6 is 23.2 Å². The molecule has 0 aliphatic rings. The van der Waals surface area contributed by atoms with E-state index in [1.54, 1.807) is 37.3 Å². The van der Waals surface area contributed by atoms with E-state index in [4.69, 9.17) is 23.2 Å². The Bertz CT molecular complexity index is 1120. The number of hydrogen-bond acceptors (Lipinski definition) is 4. The number of halogens is 2. The van der Waals surface area contributed by atoms with Crippen LogP contribution in [0.4, 0.5) is 5.69 Å². The molecule has 0 aromatic heterocycles. The van der Waals surface area contributed by atoms with Crippen molar-refractivity contribution in [1.82, 2.24) is 10.2 Å². The summed E-state index contributed by atoms with van der Waals surface area (Å²) < 4.78 is 26.6. The molecule has 10 heteroatoms. The van der Waals surface area contributed by atoms with Crippen LogP contribution in [0.25, 0.3) is 0 Å². The number of rotatable bonds is 12. The van der Waals surface area contributed by atoms with Gasteiger partial charge in [-0.2, -0.15) is 0 Å². The monoisotopic (exact) mass is 541 g/mol. The van der Waals surface area contributed by atoms with E-state index in [0.717, 1.165) is 29.0 Å². The van der Waals surface area contributed by atoms with Crippen molar-refractivity contribution in [3.63, 3.8) is 0 Å². The van der Waals surface area contributed by atoms with Crippen LogP contribution in [0.3, 0.4) is 0 Å². The van der Waals surface area contributed by atoms with Crippen LogP contribution in [-0.2, 0) is 32.6 Å². The standard InChI is InChI=1S/C25H33Cl2N3O4S/c1-5-7-15-28-25(32)18(3)29(16-20-21(26)12-10-13-22(20)27)24(31)17-30(35(4,33)34)23-14-9-8-11-19(23)6-2/h8-14,18H,5-7,15-17H2,1-4H3,(H,28,32). The van der Waals surface area contributed by atoms with Gasteiger partial charge in [-0.05, 0) is 43.5 Å². The molecular weight excluding hydrogens is 509 g/mol. The highest BCUT2D eigenvalue weighted by molar-refractivity contribution is 7.92. The van der Waals surface area contributed by atoms with Gasteiger partial charge in [-0.1, -0.05) is 67.7 Å². The molecule has 0 spiro atoms. The number of sulfonamides is 1. The second-order valence-corrected chi connectivity index (χ2v) is 11.0. The fraction of sp³-hybridized carbons (Fsp3) is 0.440. The summed E-state index contributed by atoms with van der Waals surface area (Å²) >= 11 is 12.7. The normalized spacial score (nSPS) is 12.2. The molecule has 0 radical (unpaired) electrons. The van der Waals surface area contributed by atoms with Crippen LogP contribution in [0.2, 0.25) is 10.0 Å². The zero-order valence-corrected chi connectivity index (χ0v) is 22.9.